The van der Waals surface area contributed by atoms with Crippen molar-refractivity contribution in [1.82, 2.24) is 9.88 Å². The van der Waals surface area contributed by atoms with Crippen molar-refractivity contribution in [3.8, 4) is 0 Å². The fourth-order valence-corrected chi connectivity index (χ4v) is 7.06. The number of aryl methyl sites for hydroxylation is 1. The number of aliphatic hydroxyl groups is 1. The number of ether oxygens (including phenoxy) is 1. The Labute approximate surface area is 232 Å². The molecule has 0 saturated carbocycles. The van der Waals surface area contributed by atoms with Crippen molar-refractivity contribution < 1.29 is 23.7 Å². The van der Waals surface area contributed by atoms with Crippen LogP contribution in [0.5, 0.6) is 0 Å². The molecule has 2 aliphatic rings. The molecular weight excluding hydrogens is 514 g/mol. The van der Waals surface area contributed by atoms with E-state index in [9.17, 15) is 19.0 Å². The number of hydrogen-bond donors (Lipinski definition) is 3. The van der Waals surface area contributed by atoms with Crippen LogP contribution < -0.4 is 4.90 Å². The molecule has 2 aliphatic heterocycles. The van der Waals surface area contributed by atoms with E-state index in [1.165, 1.54) is 0 Å². The minimum atomic E-state index is -2.90. The van der Waals surface area contributed by atoms with Crippen LogP contribution >= 0.6 is 10.6 Å². The molecule has 1 aromatic heterocycles. The summed E-state index contributed by atoms with van der Waals surface area (Å²) in [7, 11) is -2.90. The maximum absolute atomic E-state index is 12.5. The van der Waals surface area contributed by atoms with Gasteiger partial charge in [-0.1, -0.05) is 29.8 Å². The molecule has 210 valence electrons. The number of benzene rings is 2. The molecule has 39 heavy (non-hydrogen) atoms. The van der Waals surface area contributed by atoms with Crippen molar-refractivity contribution in [2.45, 2.75) is 63.7 Å². The van der Waals surface area contributed by atoms with Gasteiger partial charge in [-0.2, -0.15) is 10.6 Å². The molecule has 5 rings (SSSR count). The molecule has 1 fully saturated rings. The van der Waals surface area contributed by atoms with Gasteiger partial charge in [0.15, 0.2) is 0 Å². The topological polar surface area (TPSA) is 106 Å². The molecular formula is C30H39N3O5S. The second-order valence-corrected chi connectivity index (χ2v) is 13.9. The van der Waals surface area contributed by atoms with Crippen molar-refractivity contribution in [1.29, 1.82) is 0 Å². The van der Waals surface area contributed by atoms with E-state index in [4.69, 9.17) is 9.72 Å². The van der Waals surface area contributed by atoms with Gasteiger partial charge in [0, 0.05) is 31.6 Å². The molecule has 1 atom stereocenters. The number of rotatable bonds is 3. The van der Waals surface area contributed by atoms with Crippen molar-refractivity contribution in [2.24, 2.45) is 5.92 Å². The summed E-state index contributed by atoms with van der Waals surface area (Å²) < 4.78 is 27.2. The van der Waals surface area contributed by atoms with Crippen LogP contribution in [0.1, 0.15) is 56.4 Å². The van der Waals surface area contributed by atoms with Gasteiger partial charge in [0.25, 0.3) is 0 Å². The highest BCUT2D eigenvalue weighted by Crippen LogP contribution is 2.51. The van der Waals surface area contributed by atoms with Crippen LogP contribution in [-0.4, -0.2) is 61.2 Å². The Hall–Kier alpha value is -2.85. The molecule has 0 aliphatic carbocycles. The van der Waals surface area contributed by atoms with Gasteiger partial charge in [-0.3, -0.25) is 9.11 Å². The first-order chi connectivity index (χ1) is 18.4. The second-order valence-electron chi connectivity index (χ2n) is 11.7. The van der Waals surface area contributed by atoms with Crippen LogP contribution in [0, 0.1) is 12.8 Å². The standard InChI is InChI=1S/C30H39N3O5S/c1-20-9-10-25-23(17-20)24(28(34)21-11-13-32(14-12-21)29(35)38-30(2,3)4)18-27(31-25)33-15-16-39(36,37)26-8-6-5-7-22(26)19-33/h5-10,17-18,21,28,34,36-37H,11-16,19H2,1-4H3. The van der Waals surface area contributed by atoms with E-state index in [1.807, 2.05) is 64.1 Å². The molecule has 3 heterocycles. The lowest BCUT2D eigenvalue weighted by Gasteiger charge is -2.35. The Morgan fingerprint density at radius 1 is 1.08 bits per heavy atom. The SMILES string of the molecule is Cc1ccc2nc(N3CCS(O)(O)c4ccccc4C3)cc(C(O)C3CCN(C(=O)OC(C)(C)C)CC3)c2c1. The Balaban J connectivity index is 1.43. The average Bonchev–Trinajstić information content (AvgIpc) is 3.02. The number of aromatic nitrogens is 1. The van der Waals surface area contributed by atoms with Gasteiger partial charge < -0.3 is 19.6 Å². The molecule has 1 amide bonds. The third-order valence-electron chi connectivity index (χ3n) is 7.59. The summed E-state index contributed by atoms with van der Waals surface area (Å²) in [5, 5.41) is 12.6. The van der Waals surface area contributed by atoms with E-state index in [1.54, 1.807) is 11.0 Å². The van der Waals surface area contributed by atoms with E-state index in [0.29, 0.717) is 49.7 Å². The maximum atomic E-state index is 12.5. The molecule has 3 aromatic rings. The van der Waals surface area contributed by atoms with Crippen molar-refractivity contribution in [2.75, 3.05) is 30.3 Å². The number of nitrogens with zero attached hydrogens (tertiary/aromatic N) is 3. The largest absolute Gasteiger partial charge is 0.444 e. The zero-order chi connectivity index (χ0) is 27.9. The zero-order valence-corrected chi connectivity index (χ0v) is 23.9. The number of carbonyl (C=O) groups excluding carboxylic acids is 1. The first kappa shape index (κ1) is 27.7. The van der Waals surface area contributed by atoms with Gasteiger partial charge >= 0.3 is 6.09 Å². The van der Waals surface area contributed by atoms with Gasteiger partial charge in [0.05, 0.1) is 22.3 Å². The highest BCUT2D eigenvalue weighted by molar-refractivity contribution is 8.24. The van der Waals surface area contributed by atoms with Gasteiger partial charge in [0.1, 0.15) is 11.4 Å². The number of aliphatic hydroxyl groups excluding tert-OH is 1. The van der Waals surface area contributed by atoms with Crippen LogP contribution in [-0.2, 0) is 11.3 Å². The predicted molar refractivity (Wildman–Crippen MR) is 155 cm³/mol. The first-order valence-electron chi connectivity index (χ1n) is 13.6. The van der Waals surface area contributed by atoms with Crippen LogP contribution in [0.3, 0.4) is 0 Å². The summed E-state index contributed by atoms with van der Waals surface area (Å²) in [5.41, 5.74) is 3.03. The number of amides is 1. The third kappa shape index (κ3) is 6.01. The monoisotopic (exact) mass is 553 g/mol. The Morgan fingerprint density at radius 3 is 2.51 bits per heavy atom. The van der Waals surface area contributed by atoms with Crippen LogP contribution in [0.25, 0.3) is 10.9 Å². The summed E-state index contributed by atoms with van der Waals surface area (Å²) in [5.74, 6) is 0.913. The number of carbonyl (C=O) groups is 1. The Bertz CT molecular complexity index is 1360. The molecule has 1 saturated heterocycles. The van der Waals surface area contributed by atoms with Gasteiger partial charge in [-0.25, -0.2) is 9.78 Å². The molecule has 0 spiro atoms. The molecule has 1 unspecified atom stereocenters. The smallest absolute Gasteiger partial charge is 0.410 e. The second kappa shape index (κ2) is 10.6. The number of pyridine rings is 1. The first-order valence-corrected chi connectivity index (χ1v) is 15.3. The molecule has 8 nitrogen and oxygen atoms in total. The van der Waals surface area contributed by atoms with Gasteiger partial charge in [0.2, 0.25) is 0 Å². The van der Waals surface area contributed by atoms with E-state index in [2.05, 4.69) is 11.0 Å². The molecule has 2 aromatic carbocycles. The van der Waals surface area contributed by atoms with Crippen LogP contribution in [0.2, 0.25) is 0 Å². The highest BCUT2D eigenvalue weighted by atomic mass is 32.3. The lowest BCUT2D eigenvalue weighted by Crippen LogP contribution is -2.42. The summed E-state index contributed by atoms with van der Waals surface area (Å²) in [6.07, 6.45) is 0.304. The van der Waals surface area contributed by atoms with E-state index in [-0.39, 0.29) is 17.8 Å². The predicted octanol–water partition coefficient (Wildman–Crippen LogP) is 6.35. The van der Waals surface area contributed by atoms with Gasteiger partial charge in [-0.15, -0.1) is 0 Å². The zero-order valence-electron chi connectivity index (χ0n) is 23.1. The van der Waals surface area contributed by atoms with E-state index in [0.717, 1.165) is 27.6 Å². The lowest BCUT2D eigenvalue weighted by atomic mass is 9.86. The van der Waals surface area contributed by atoms with E-state index >= 15 is 0 Å². The third-order valence-corrected chi connectivity index (χ3v) is 9.45. The minimum Gasteiger partial charge on any atom is -0.444 e. The average molecular weight is 554 g/mol. The number of likely N-dealkylation sites (tertiary alicyclic amines) is 1. The molecule has 3 N–H and O–H groups in total. The van der Waals surface area contributed by atoms with Crippen molar-refractivity contribution in [3.63, 3.8) is 0 Å². The molecule has 0 bridgehead atoms. The maximum Gasteiger partial charge on any atom is 0.410 e. The number of piperidine rings is 1. The fraction of sp³-hybridized carbons (Fsp3) is 0.467. The normalized spacial score (nSPS) is 19.8. The van der Waals surface area contributed by atoms with Crippen molar-refractivity contribution in [3.05, 3.63) is 65.2 Å². The minimum absolute atomic E-state index is 0.0144. The summed E-state index contributed by atoms with van der Waals surface area (Å²) >= 11 is 0. The van der Waals surface area contributed by atoms with Gasteiger partial charge in [-0.05, 0) is 81.8 Å². The molecule has 0 radical (unpaired) electrons. The van der Waals surface area contributed by atoms with E-state index < -0.39 is 22.3 Å². The number of fused-ring (bicyclic) bond motifs is 2. The lowest BCUT2D eigenvalue weighted by molar-refractivity contribution is 0.00783. The highest BCUT2D eigenvalue weighted by Gasteiger charge is 2.32. The number of hydrogen-bond acceptors (Lipinski definition) is 7. The van der Waals surface area contributed by atoms with Crippen molar-refractivity contribution >= 4 is 33.4 Å². The molecule has 9 heteroatoms. The summed E-state index contributed by atoms with van der Waals surface area (Å²) in [6, 6.07) is 15.5. The number of anilines is 1. The Morgan fingerprint density at radius 2 is 1.79 bits per heavy atom. The quantitative estimate of drug-likeness (QED) is 0.347. The summed E-state index contributed by atoms with van der Waals surface area (Å²) in [6.45, 7) is 9.62. The van der Waals surface area contributed by atoms with Crippen LogP contribution in [0.4, 0.5) is 10.6 Å². The fourth-order valence-electron chi connectivity index (χ4n) is 5.52. The Kier molecular flexibility index (Phi) is 7.54. The van der Waals surface area contributed by atoms with Crippen LogP contribution in [0.15, 0.2) is 53.4 Å². The summed E-state index contributed by atoms with van der Waals surface area (Å²) in [4.78, 5) is 21.9.